The van der Waals surface area contributed by atoms with Gasteiger partial charge in [-0.15, -0.1) is 0 Å². The van der Waals surface area contributed by atoms with Crippen LogP contribution in [0.1, 0.15) is 72.6 Å². The first kappa shape index (κ1) is 15.3. The van der Waals surface area contributed by atoms with Crippen LogP contribution in [0.5, 0.6) is 0 Å². The minimum atomic E-state index is -0.780. The Hall–Kier alpha value is -1.06. The Kier molecular flexibility index (Phi) is 4.12. The van der Waals surface area contributed by atoms with Gasteiger partial charge >= 0.3 is 0 Å². The molecule has 2 aliphatic rings. The van der Waals surface area contributed by atoms with Gasteiger partial charge in [0.2, 0.25) is 11.8 Å². The molecule has 0 aromatic carbocycles. The first-order chi connectivity index (χ1) is 9.33. The van der Waals surface area contributed by atoms with Crippen molar-refractivity contribution in [2.45, 2.75) is 89.8 Å². The third-order valence-electron chi connectivity index (χ3n) is 5.08. The zero-order chi connectivity index (χ0) is 15.0. The second kappa shape index (κ2) is 5.38. The largest absolute Gasteiger partial charge is 0.340 e. The van der Waals surface area contributed by atoms with E-state index in [1.165, 1.54) is 12.8 Å². The van der Waals surface area contributed by atoms with Gasteiger partial charge in [0.1, 0.15) is 11.1 Å². The van der Waals surface area contributed by atoms with Gasteiger partial charge in [0.25, 0.3) is 0 Å². The van der Waals surface area contributed by atoms with Crippen LogP contribution in [0.4, 0.5) is 0 Å². The third-order valence-corrected chi connectivity index (χ3v) is 5.08. The molecule has 114 valence electrons. The number of rotatable bonds is 2. The number of nitrogens with zero attached hydrogens (tertiary/aromatic N) is 1. The highest BCUT2D eigenvalue weighted by Gasteiger charge is 2.53. The average Bonchev–Trinajstić information content (AvgIpc) is 2.65. The Morgan fingerprint density at radius 1 is 1.10 bits per heavy atom. The van der Waals surface area contributed by atoms with Crippen LogP contribution in [-0.4, -0.2) is 33.8 Å². The van der Waals surface area contributed by atoms with Crippen LogP contribution >= 0.6 is 0 Å². The Morgan fingerprint density at radius 3 is 2.15 bits per heavy atom. The Balaban J connectivity index is 2.36. The van der Waals surface area contributed by atoms with Crippen molar-refractivity contribution in [1.82, 2.24) is 10.2 Å². The normalized spacial score (nSPS) is 31.9. The van der Waals surface area contributed by atoms with E-state index in [9.17, 15) is 9.59 Å². The first-order valence-corrected chi connectivity index (χ1v) is 7.99. The van der Waals surface area contributed by atoms with Gasteiger partial charge in [-0.1, -0.05) is 32.6 Å². The molecule has 0 radical (unpaired) electrons. The summed E-state index contributed by atoms with van der Waals surface area (Å²) in [5.74, 6) is 0.0715. The number of carbonyl (C=O) groups is 2. The molecule has 0 bridgehead atoms. The maximum absolute atomic E-state index is 12.9. The molecule has 2 rings (SSSR count). The molecule has 0 aromatic heterocycles. The fraction of sp³-hybridized carbons (Fsp3) is 0.875. The highest BCUT2D eigenvalue weighted by Crippen LogP contribution is 2.35. The predicted molar refractivity (Wildman–Crippen MR) is 79.3 cm³/mol. The van der Waals surface area contributed by atoms with E-state index in [1.54, 1.807) is 0 Å². The van der Waals surface area contributed by atoms with Crippen LogP contribution in [0, 0.1) is 0 Å². The van der Waals surface area contributed by atoms with E-state index >= 15 is 0 Å². The standard InChI is InChI=1S/C16H28N2O2/c1-5-16(4)13(19)17-15(2,3)14(20)18(16)12-10-8-6-7-9-11-12/h12H,5-11H2,1-4H3,(H,17,19). The van der Waals surface area contributed by atoms with Crippen molar-refractivity contribution in [3.05, 3.63) is 0 Å². The minimum Gasteiger partial charge on any atom is -0.340 e. The van der Waals surface area contributed by atoms with Gasteiger partial charge in [-0.3, -0.25) is 9.59 Å². The van der Waals surface area contributed by atoms with Crippen molar-refractivity contribution >= 4 is 11.8 Å². The lowest BCUT2D eigenvalue weighted by Gasteiger charge is -2.52. The molecule has 2 amide bonds. The second-order valence-corrected chi connectivity index (χ2v) is 7.03. The minimum absolute atomic E-state index is 0.00570. The number of hydrogen-bond donors (Lipinski definition) is 1. The van der Waals surface area contributed by atoms with E-state index in [-0.39, 0.29) is 17.9 Å². The van der Waals surface area contributed by atoms with Gasteiger partial charge in [0, 0.05) is 6.04 Å². The van der Waals surface area contributed by atoms with Gasteiger partial charge in [-0.05, 0) is 40.0 Å². The van der Waals surface area contributed by atoms with E-state index in [4.69, 9.17) is 0 Å². The summed E-state index contributed by atoms with van der Waals surface area (Å²) in [5, 5.41) is 2.90. The summed E-state index contributed by atoms with van der Waals surface area (Å²) < 4.78 is 0. The van der Waals surface area contributed by atoms with Crippen LogP contribution in [0.3, 0.4) is 0 Å². The molecular weight excluding hydrogens is 252 g/mol. The van der Waals surface area contributed by atoms with Gasteiger partial charge in [0.15, 0.2) is 0 Å². The lowest BCUT2D eigenvalue weighted by atomic mass is 9.83. The van der Waals surface area contributed by atoms with Crippen LogP contribution in [0.15, 0.2) is 0 Å². The number of nitrogens with one attached hydrogen (secondary N) is 1. The molecule has 0 aromatic rings. The van der Waals surface area contributed by atoms with E-state index in [1.807, 2.05) is 32.6 Å². The molecule has 1 saturated carbocycles. The topological polar surface area (TPSA) is 49.4 Å². The fourth-order valence-electron chi connectivity index (χ4n) is 3.52. The Bertz CT molecular complexity index is 397. The monoisotopic (exact) mass is 280 g/mol. The summed E-state index contributed by atoms with van der Waals surface area (Å²) in [6.45, 7) is 7.54. The Labute approximate surface area is 122 Å². The number of amides is 2. The number of piperazine rings is 1. The van der Waals surface area contributed by atoms with Crippen LogP contribution in [-0.2, 0) is 9.59 Å². The smallest absolute Gasteiger partial charge is 0.248 e. The van der Waals surface area contributed by atoms with Gasteiger partial charge < -0.3 is 10.2 Å². The summed E-state index contributed by atoms with van der Waals surface area (Å²) in [6.07, 6.45) is 7.55. The van der Waals surface area contributed by atoms with Crippen LogP contribution in [0.25, 0.3) is 0 Å². The molecule has 2 fully saturated rings. The zero-order valence-corrected chi connectivity index (χ0v) is 13.3. The van der Waals surface area contributed by atoms with Crippen LogP contribution < -0.4 is 5.32 Å². The van der Waals surface area contributed by atoms with E-state index in [0.717, 1.165) is 25.7 Å². The quantitative estimate of drug-likeness (QED) is 0.790. The van der Waals surface area contributed by atoms with E-state index in [0.29, 0.717) is 6.42 Å². The molecule has 1 heterocycles. The van der Waals surface area contributed by atoms with Crippen molar-refractivity contribution < 1.29 is 9.59 Å². The van der Waals surface area contributed by atoms with Crippen LogP contribution in [0.2, 0.25) is 0 Å². The summed E-state index contributed by atoms with van der Waals surface area (Å²) in [5.41, 5.74) is -1.47. The zero-order valence-electron chi connectivity index (χ0n) is 13.3. The SMILES string of the molecule is CCC1(C)C(=O)NC(C)(C)C(=O)N1C1CCCCCC1. The molecular formula is C16H28N2O2. The van der Waals surface area contributed by atoms with Crippen molar-refractivity contribution in [1.29, 1.82) is 0 Å². The lowest BCUT2D eigenvalue weighted by Crippen LogP contribution is -2.74. The molecule has 0 spiro atoms. The summed E-state index contributed by atoms with van der Waals surface area (Å²) in [4.78, 5) is 27.4. The summed E-state index contributed by atoms with van der Waals surface area (Å²) in [7, 11) is 0. The molecule has 20 heavy (non-hydrogen) atoms. The highest BCUT2D eigenvalue weighted by atomic mass is 16.2. The maximum Gasteiger partial charge on any atom is 0.248 e. The fourth-order valence-corrected chi connectivity index (χ4v) is 3.52. The van der Waals surface area contributed by atoms with Gasteiger partial charge in [0.05, 0.1) is 0 Å². The van der Waals surface area contributed by atoms with E-state index in [2.05, 4.69) is 5.32 Å². The molecule has 1 atom stereocenters. The number of hydrogen-bond acceptors (Lipinski definition) is 2. The van der Waals surface area contributed by atoms with Crippen molar-refractivity contribution in [3.63, 3.8) is 0 Å². The second-order valence-electron chi connectivity index (χ2n) is 7.03. The van der Waals surface area contributed by atoms with Crippen molar-refractivity contribution in [2.24, 2.45) is 0 Å². The number of carbonyl (C=O) groups excluding carboxylic acids is 2. The molecule has 1 saturated heterocycles. The van der Waals surface area contributed by atoms with E-state index < -0.39 is 11.1 Å². The third kappa shape index (κ3) is 2.45. The van der Waals surface area contributed by atoms with Crippen molar-refractivity contribution in [2.75, 3.05) is 0 Å². The molecule has 1 aliphatic carbocycles. The molecule has 1 aliphatic heterocycles. The Morgan fingerprint density at radius 2 is 1.65 bits per heavy atom. The lowest BCUT2D eigenvalue weighted by molar-refractivity contribution is -0.165. The highest BCUT2D eigenvalue weighted by molar-refractivity contribution is 6.01. The predicted octanol–water partition coefficient (Wildman–Crippen LogP) is 2.61. The first-order valence-electron chi connectivity index (χ1n) is 7.99. The molecule has 4 nitrogen and oxygen atoms in total. The summed E-state index contributed by atoms with van der Waals surface area (Å²) >= 11 is 0. The van der Waals surface area contributed by atoms with Crippen molar-refractivity contribution in [3.8, 4) is 0 Å². The molecule has 4 heteroatoms. The average molecular weight is 280 g/mol. The van der Waals surface area contributed by atoms with Gasteiger partial charge in [-0.25, -0.2) is 0 Å². The maximum atomic E-state index is 12.9. The summed E-state index contributed by atoms with van der Waals surface area (Å²) in [6, 6.07) is 0.222. The molecule has 1 N–H and O–H groups in total. The van der Waals surface area contributed by atoms with Gasteiger partial charge in [-0.2, -0.15) is 0 Å². The molecule has 1 unspecified atom stereocenters.